The molecule has 3 rings (SSSR count). The van der Waals surface area contributed by atoms with Gasteiger partial charge in [-0.1, -0.05) is 0 Å². The average Bonchev–Trinajstić information content (AvgIpc) is 3.11. The summed E-state index contributed by atoms with van der Waals surface area (Å²) in [5, 5.41) is 4.15. The highest BCUT2D eigenvalue weighted by Gasteiger charge is 2.17. The zero-order valence-electron chi connectivity index (χ0n) is 14.7. The molecule has 7 heteroatoms. The van der Waals surface area contributed by atoms with Crippen LogP contribution in [-0.4, -0.2) is 26.7 Å². The third-order valence-corrected chi connectivity index (χ3v) is 4.12. The number of aromatic nitrogens is 3. The van der Waals surface area contributed by atoms with Gasteiger partial charge in [0, 0.05) is 28.8 Å². The lowest BCUT2D eigenvalue weighted by molar-refractivity contribution is -0.0498. The SMILES string of the molecule is Cc1cnn(CC(=O)c2cc(C)n(-c3ccc(OC(F)F)cc3)c2C)c1. The summed E-state index contributed by atoms with van der Waals surface area (Å²) in [6, 6.07) is 8.16. The van der Waals surface area contributed by atoms with E-state index >= 15 is 0 Å². The van der Waals surface area contributed by atoms with Crippen LogP contribution >= 0.6 is 0 Å². The van der Waals surface area contributed by atoms with Crippen LogP contribution in [-0.2, 0) is 6.54 Å². The number of ether oxygens (including phenoxy) is 1. The van der Waals surface area contributed by atoms with Crippen molar-refractivity contribution >= 4 is 5.78 Å². The first-order valence-electron chi connectivity index (χ1n) is 8.11. The predicted molar refractivity (Wildman–Crippen MR) is 93.2 cm³/mol. The second-order valence-corrected chi connectivity index (χ2v) is 6.13. The molecule has 26 heavy (non-hydrogen) atoms. The molecule has 2 aromatic heterocycles. The molecular formula is C19H19F2N3O2. The third kappa shape index (κ3) is 3.66. The summed E-state index contributed by atoms with van der Waals surface area (Å²) in [6.07, 6.45) is 3.53. The Balaban J connectivity index is 1.86. The van der Waals surface area contributed by atoms with Crippen LogP contribution in [0.3, 0.4) is 0 Å². The average molecular weight is 359 g/mol. The van der Waals surface area contributed by atoms with Crippen LogP contribution in [0, 0.1) is 20.8 Å². The molecule has 136 valence electrons. The number of aryl methyl sites for hydroxylation is 2. The van der Waals surface area contributed by atoms with Crippen molar-refractivity contribution in [3.8, 4) is 11.4 Å². The van der Waals surface area contributed by atoms with E-state index in [0.717, 1.165) is 22.6 Å². The van der Waals surface area contributed by atoms with Crippen molar-refractivity contribution in [3.63, 3.8) is 0 Å². The highest BCUT2D eigenvalue weighted by atomic mass is 19.3. The van der Waals surface area contributed by atoms with E-state index in [1.54, 1.807) is 23.0 Å². The first-order chi connectivity index (χ1) is 12.3. The van der Waals surface area contributed by atoms with Gasteiger partial charge in [-0.05, 0) is 56.7 Å². The second kappa shape index (κ2) is 7.11. The lowest BCUT2D eigenvalue weighted by Crippen LogP contribution is -2.12. The maximum atomic E-state index is 12.6. The molecule has 0 fully saturated rings. The summed E-state index contributed by atoms with van der Waals surface area (Å²) in [5.41, 5.74) is 4.05. The molecule has 5 nitrogen and oxygen atoms in total. The smallest absolute Gasteiger partial charge is 0.387 e. The summed E-state index contributed by atoms with van der Waals surface area (Å²) in [6.45, 7) is 2.98. The highest BCUT2D eigenvalue weighted by Crippen LogP contribution is 2.24. The fraction of sp³-hybridized carbons (Fsp3) is 0.263. The Labute approximate surface area is 149 Å². The van der Waals surface area contributed by atoms with Gasteiger partial charge < -0.3 is 9.30 Å². The van der Waals surface area contributed by atoms with Gasteiger partial charge >= 0.3 is 6.61 Å². The topological polar surface area (TPSA) is 49.0 Å². The number of halogens is 2. The number of hydrogen-bond donors (Lipinski definition) is 0. The van der Waals surface area contributed by atoms with Gasteiger partial charge in [-0.15, -0.1) is 0 Å². The van der Waals surface area contributed by atoms with Crippen LogP contribution in [0.1, 0.15) is 27.3 Å². The molecule has 1 aromatic carbocycles. The number of nitrogens with zero attached hydrogens (tertiary/aromatic N) is 3. The Kier molecular flexibility index (Phi) is 4.88. The summed E-state index contributed by atoms with van der Waals surface area (Å²) >= 11 is 0. The minimum absolute atomic E-state index is 0.0369. The number of benzene rings is 1. The van der Waals surface area contributed by atoms with Gasteiger partial charge in [0.25, 0.3) is 0 Å². The number of hydrogen-bond acceptors (Lipinski definition) is 3. The standard InChI is InChI=1S/C19H19F2N3O2/c1-12-9-22-23(10-12)11-18(25)17-8-13(2)24(14(17)3)15-4-6-16(7-5-15)26-19(20)21/h4-10,19H,11H2,1-3H3. The van der Waals surface area contributed by atoms with Crippen molar-refractivity contribution in [3.05, 3.63) is 65.2 Å². The highest BCUT2D eigenvalue weighted by molar-refractivity contribution is 5.97. The van der Waals surface area contributed by atoms with Crippen LogP contribution in [0.25, 0.3) is 5.69 Å². The van der Waals surface area contributed by atoms with Crippen LogP contribution in [0.2, 0.25) is 0 Å². The van der Waals surface area contributed by atoms with Gasteiger partial charge in [-0.2, -0.15) is 13.9 Å². The van der Waals surface area contributed by atoms with Crippen molar-refractivity contribution in [1.29, 1.82) is 0 Å². The Morgan fingerprint density at radius 3 is 2.46 bits per heavy atom. The zero-order chi connectivity index (χ0) is 18.8. The lowest BCUT2D eigenvalue weighted by atomic mass is 10.1. The summed E-state index contributed by atoms with van der Waals surface area (Å²) in [7, 11) is 0. The largest absolute Gasteiger partial charge is 0.435 e. The van der Waals surface area contributed by atoms with E-state index in [1.807, 2.05) is 37.6 Å². The van der Waals surface area contributed by atoms with Gasteiger partial charge in [0.15, 0.2) is 5.78 Å². The summed E-state index contributed by atoms with van der Waals surface area (Å²) < 4.78 is 32.4. The number of ketones is 1. The molecule has 0 radical (unpaired) electrons. The van der Waals surface area contributed by atoms with Gasteiger partial charge in [0.1, 0.15) is 12.3 Å². The van der Waals surface area contributed by atoms with Crippen molar-refractivity contribution < 1.29 is 18.3 Å². The fourth-order valence-corrected chi connectivity index (χ4v) is 3.00. The third-order valence-electron chi connectivity index (χ3n) is 4.12. The van der Waals surface area contributed by atoms with Crippen LogP contribution < -0.4 is 4.74 Å². The van der Waals surface area contributed by atoms with Crippen LogP contribution in [0.4, 0.5) is 8.78 Å². The Morgan fingerprint density at radius 1 is 1.19 bits per heavy atom. The molecule has 0 aliphatic heterocycles. The number of Topliss-reactive ketones (excluding diaryl/α,β-unsaturated/α-hetero) is 1. The quantitative estimate of drug-likeness (QED) is 0.623. The minimum atomic E-state index is -2.86. The maximum absolute atomic E-state index is 12.6. The maximum Gasteiger partial charge on any atom is 0.387 e. The fourth-order valence-electron chi connectivity index (χ4n) is 3.00. The molecule has 0 aliphatic carbocycles. The molecule has 0 bridgehead atoms. The molecule has 0 spiro atoms. The Hall–Kier alpha value is -2.96. The van der Waals surface area contributed by atoms with E-state index in [9.17, 15) is 13.6 Å². The van der Waals surface area contributed by atoms with Crippen molar-refractivity contribution in [2.24, 2.45) is 0 Å². The molecule has 0 saturated heterocycles. The van der Waals surface area contributed by atoms with Crippen molar-refractivity contribution in [1.82, 2.24) is 14.3 Å². The van der Waals surface area contributed by atoms with E-state index in [1.165, 1.54) is 12.1 Å². The molecule has 0 N–H and O–H groups in total. The van der Waals surface area contributed by atoms with E-state index in [-0.39, 0.29) is 18.1 Å². The second-order valence-electron chi connectivity index (χ2n) is 6.13. The summed E-state index contributed by atoms with van der Waals surface area (Å²) in [4.78, 5) is 12.6. The first-order valence-corrected chi connectivity index (χ1v) is 8.11. The molecule has 0 aliphatic rings. The van der Waals surface area contributed by atoms with E-state index in [4.69, 9.17) is 0 Å². The monoisotopic (exact) mass is 359 g/mol. The molecule has 3 aromatic rings. The molecular weight excluding hydrogens is 340 g/mol. The van der Waals surface area contributed by atoms with Gasteiger partial charge in [-0.25, -0.2) is 0 Å². The first kappa shape index (κ1) is 17.8. The lowest BCUT2D eigenvalue weighted by Gasteiger charge is -2.11. The zero-order valence-corrected chi connectivity index (χ0v) is 14.7. The van der Waals surface area contributed by atoms with E-state index in [2.05, 4.69) is 9.84 Å². The minimum Gasteiger partial charge on any atom is -0.435 e. The van der Waals surface area contributed by atoms with Gasteiger partial charge in [-0.3, -0.25) is 9.48 Å². The van der Waals surface area contributed by atoms with E-state index in [0.29, 0.717) is 5.56 Å². The number of carbonyl (C=O) groups is 1. The normalized spacial score (nSPS) is 11.2. The Bertz CT molecular complexity index is 927. The molecule has 0 saturated carbocycles. The van der Waals surface area contributed by atoms with Crippen LogP contribution in [0.15, 0.2) is 42.7 Å². The van der Waals surface area contributed by atoms with Crippen LogP contribution in [0.5, 0.6) is 5.75 Å². The van der Waals surface area contributed by atoms with Crippen molar-refractivity contribution in [2.45, 2.75) is 33.9 Å². The number of carbonyl (C=O) groups excluding carboxylic acids is 1. The molecule has 0 unspecified atom stereocenters. The van der Waals surface area contributed by atoms with Crippen molar-refractivity contribution in [2.75, 3.05) is 0 Å². The summed E-state index contributed by atoms with van der Waals surface area (Å²) in [5.74, 6) is 0.0571. The number of alkyl halides is 2. The Morgan fingerprint density at radius 2 is 1.88 bits per heavy atom. The molecule has 2 heterocycles. The number of rotatable bonds is 6. The molecule has 0 amide bonds. The predicted octanol–water partition coefficient (Wildman–Crippen LogP) is 4.08. The van der Waals surface area contributed by atoms with Gasteiger partial charge in [0.2, 0.25) is 0 Å². The van der Waals surface area contributed by atoms with Gasteiger partial charge in [0.05, 0.1) is 6.20 Å². The molecule has 0 atom stereocenters. The van der Waals surface area contributed by atoms with E-state index < -0.39 is 6.61 Å².